The summed E-state index contributed by atoms with van der Waals surface area (Å²) in [7, 11) is 0. The van der Waals surface area contributed by atoms with E-state index in [9.17, 15) is 14.4 Å². The molecule has 1 saturated carbocycles. The van der Waals surface area contributed by atoms with Crippen molar-refractivity contribution in [3.63, 3.8) is 0 Å². The molecule has 0 bridgehead atoms. The third-order valence-electron chi connectivity index (χ3n) is 4.94. The van der Waals surface area contributed by atoms with E-state index in [4.69, 9.17) is 0 Å². The number of nitrogens with zero attached hydrogens (tertiary/aromatic N) is 3. The Balaban J connectivity index is 1.63. The van der Waals surface area contributed by atoms with Crippen LogP contribution in [0.25, 0.3) is 0 Å². The van der Waals surface area contributed by atoms with E-state index in [1.165, 1.54) is 13.1 Å². The van der Waals surface area contributed by atoms with Crippen LogP contribution in [0.4, 0.5) is 0 Å². The van der Waals surface area contributed by atoms with E-state index < -0.39 is 0 Å². The van der Waals surface area contributed by atoms with Crippen molar-refractivity contribution < 1.29 is 14.4 Å². The van der Waals surface area contributed by atoms with Crippen LogP contribution in [0.1, 0.15) is 53.5 Å². The lowest BCUT2D eigenvalue weighted by Gasteiger charge is -2.34. The van der Waals surface area contributed by atoms with Gasteiger partial charge in [-0.05, 0) is 25.0 Å². The Morgan fingerprint density at radius 2 is 1.72 bits per heavy atom. The molecule has 0 aromatic carbocycles. The predicted octanol–water partition coefficient (Wildman–Crippen LogP) is 1.06. The van der Waals surface area contributed by atoms with E-state index in [1.807, 2.05) is 0 Å². The van der Waals surface area contributed by atoms with E-state index in [-0.39, 0.29) is 29.5 Å². The molecule has 0 unspecified atom stereocenters. The van der Waals surface area contributed by atoms with Gasteiger partial charge in [0.2, 0.25) is 5.91 Å². The highest BCUT2D eigenvalue weighted by molar-refractivity contribution is 5.98. The quantitative estimate of drug-likeness (QED) is 0.889. The number of rotatable bonds is 3. The summed E-state index contributed by atoms with van der Waals surface area (Å²) in [4.78, 5) is 43.9. The molecule has 1 aromatic heterocycles. The maximum Gasteiger partial charge on any atom is 0.272 e. The zero-order chi connectivity index (χ0) is 17.8. The molecule has 0 radical (unpaired) electrons. The summed E-state index contributed by atoms with van der Waals surface area (Å²) in [5.41, 5.74) is 0.739. The van der Waals surface area contributed by atoms with Crippen molar-refractivity contribution >= 4 is 17.7 Å². The van der Waals surface area contributed by atoms with Crippen LogP contribution in [0.5, 0.6) is 0 Å². The van der Waals surface area contributed by atoms with Gasteiger partial charge in [-0.3, -0.25) is 19.4 Å². The van der Waals surface area contributed by atoms with Crippen LogP contribution < -0.4 is 5.32 Å². The second kappa shape index (κ2) is 7.63. The largest absolute Gasteiger partial charge is 0.349 e. The molecule has 1 saturated heterocycles. The van der Waals surface area contributed by atoms with Crippen LogP contribution in [0.2, 0.25) is 0 Å². The average molecular weight is 344 g/mol. The summed E-state index contributed by atoms with van der Waals surface area (Å²) in [5.74, 6) is -0.320. The lowest BCUT2D eigenvalue weighted by atomic mass is 10.1. The molecule has 7 heteroatoms. The number of hydrogen-bond acceptors (Lipinski definition) is 4. The van der Waals surface area contributed by atoms with Gasteiger partial charge in [0.25, 0.3) is 11.8 Å². The minimum Gasteiger partial charge on any atom is -0.349 e. The van der Waals surface area contributed by atoms with Gasteiger partial charge >= 0.3 is 0 Å². The molecule has 3 amide bonds. The molecule has 2 aliphatic rings. The summed E-state index contributed by atoms with van der Waals surface area (Å²) in [6, 6.07) is 3.43. The molecule has 1 aliphatic heterocycles. The van der Waals surface area contributed by atoms with Crippen molar-refractivity contribution in [2.24, 2.45) is 0 Å². The number of hydrogen-bond donors (Lipinski definition) is 1. The van der Waals surface area contributed by atoms with Crippen LogP contribution in [0, 0.1) is 0 Å². The van der Waals surface area contributed by atoms with Crippen LogP contribution in [0.3, 0.4) is 0 Å². The van der Waals surface area contributed by atoms with Crippen molar-refractivity contribution in [3.8, 4) is 0 Å². The van der Waals surface area contributed by atoms with Crippen molar-refractivity contribution in [1.82, 2.24) is 20.1 Å². The van der Waals surface area contributed by atoms with Gasteiger partial charge in [0.1, 0.15) is 5.69 Å². The van der Waals surface area contributed by atoms with Gasteiger partial charge in [0.05, 0.1) is 0 Å². The topological polar surface area (TPSA) is 82.6 Å². The van der Waals surface area contributed by atoms with Crippen LogP contribution in [-0.2, 0) is 4.79 Å². The molecule has 134 valence electrons. The van der Waals surface area contributed by atoms with Crippen molar-refractivity contribution in [2.75, 3.05) is 26.2 Å². The Hall–Kier alpha value is -2.44. The molecule has 7 nitrogen and oxygen atoms in total. The van der Waals surface area contributed by atoms with E-state index in [0.717, 1.165) is 25.7 Å². The number of carbonyl (C=O) groups excluding carboxylic acids is 3. The van der Waals surface area contributed by atoms with Gasteiger partial charge in [0.15, 0.2) is 0 Å². The molecule has 25 heavy (non-hydrogen) atoms. The molecule has 0 atom stereocenters. The first-order valence-electron chi connectivity index (χ1n) is 8.86. The molecule has 1 aliphatic carbocycles. The number of carbonyl (C=O) groups is 3. The van der Waals surface area contributed by atoms with Gasteiger partial charge in [-0.1, -0.05) is 12.8 Å². The zero-order valence-electron chi connectivity index (χ0n) is 14.5. The van der Waals surface area contributed by atoms with Crippen LogP contribution in [-0.4, -0.2) is 64.7 Å². The molecule has 2 heterocycles. The average Bonchev–Trinajstić information content (AvgIpc) is 3.14. The second-order valence-electron chi connectivity index (χ2n) is 6.68. The number of nitrogens with one attached hydrogen (secondary N) is 1. The Kier molecular flexibility index (Phi) is 5.31. The van der Waals surface area contributed by atoms with Gasteiger partial charge < -0.3 is 15.1 Å². The molecular weight excluding hydrogens is 320 g/mol. The predicted molar refractivity (Wildman–Crippen MR) is 92.1 cm³/mol. The Bertz CT molecular complexity index is 662. The zero-order valence-corrected chi connectivity index (χ0v) is 14.5. The van der Waals surface area contributed by atoms with Gasteiger partial charge in [-0.15, -0.1) is 0 Å². The molecular formula is C18H24N4O3. The summed E-state index contributed by atoms with van der Waals surface area (Å²) in [5, 5.41) is 3.02. The third-order valence-corrected chi connectivity index (χ3v) is 4.94. The monoisotopic (exact) mass is 344 g/mol. The van der Waals surface area contributed by atoms with Gasteiger partial charge in [-0.2, -0.15) is 0 Å². The normalized spacial score (nSPS) is 18.3. The van der Waals surface area contributed by atoms with Gasteiger partial charge in [-0.25, -0.2) is 0 Å². The summed E-state index contributed by atoms with van der Waals surface area (Å²) < 4.78 is 0. The first kappa shape index (κ1) is 17.4. The highest BCUT2D eigenvalue weighted by atomic mass is 16.2. The maximum atomic E-state index is 12.6. The number of amides is 3. The third kappa shape index (κ3) is 4.15. The smallest absolute Gasteiger partial charge is 0.272 e. The highest BCUT2D eigenvalue weighted by Gasteiger charge is 2.25. The van der Waals surface area contributed by atoms with E-state index in [2.05, 4.69) is 10.3 Å². The Morgan fingerprint density at radius 1 is 1.08 bits per heavy atom. The lowest BCUT2D eigenvalue weighted by molar-refractivity contribution is -0.130. The molecule has 2 fully saturated rings. The Morgan fingerprint density at radius 3 is 2.36 bits per heavy atom. The maximum absolute atomic E-state index is 12.6. The van der Waals surface area contributed by atoms with E-state index >= 15 is 0 Å². The van der Waals surface area contributed by atoms with Crippen molar-refractivity contribution in [2.45, 2.75) is 38.6 Å². The summed E-state index contributed by atoms with van der Waals surface area (Å²) in [6.07, 6.45) is 5.84. The molecule has 0 spiro atoms. The first-order valence-corrected chi connectivity index (χ1v) is 8.86. The lowest BCUT2D eigenvalue weighted by Crippen LogP contribution is -2.50. The van der Waals surface area contributed by atoms with Crippen molar-refractivity contribution in [3.05, 3.63) is 29.6 Å². The fourth-order valence-electron chi connectivity index (χ4n) is 3.41. The second-order valence-corrected chi connectivity index (χ2v) is 6.68. The fraction of sp³-hybridized carbons (Fsp3) is 0.556. The minimum atomic E-state index is -0.196. The summed E-state index contributed by atoms with van der Waals surface area (Å²) in [6.45, 7) is 3.56. The van der Waals surface area contributed by atoms with Crippen LogP contribution in [0.15, 0.2) is 18.3 Å². The number of aromatic nitrogens is 1. The van der Waals surface area contributed by atoms with Crippen molar-refractivity contribution in [1.29, 1.82) is 0 Å². The fourth-order valence-corrected chi connectivity index (χ4v) is 3.41. The van der Waals surface area contributed by atoms with Crippen LogP contribution >= 0.6 is 0 Å². The summed E-state index contributed by atoms with van der Waals surface area (Å²) >= 11 is 0. The first-order chi connectivity index (χ1) is 12.0. The molecule has 1 N–H and O–H groups in total. The number of piperazine rings is 1. The molecule has 1 aromatic rings. The standard InChI is InChI=1S/C18H24N4O3/c1-13(23)21-8-10-22(11-9-21)18(25)16-12-14(6-7-19-16)17(24)20-15-4-2-3-5-15/h6-7,12,15H,2-5,8-11H2,1H3,(H,20,24). The SMILES string of the molecule is CC(=O)N1CCN(C(=O)c2cc(C(=O)NC3CCCC3)ccn2)CC1. The minimum absolute atomic E-state index is 0.0239. The highest BCUT2D eigenvalue weighted by Crippen LogP contribution is 2.18. The van der Waals surface area contributed by atoms with E-state index in [0.29, 0.717) is 31.7 Å². The molecule has 3 rings (SSSR count). The van der Waals surface area contributed by atoms with Gasteiger partial charge in [0, 0.05) is 50.9 Å². The Labute approximate surface area is 147 Å². The van der Waals surface area contributed by atoms with E-state index in [1.54, 1.807) is 21.9 Å². The number of pyridine rings is 1.